The predicted molar refractivity (Wildman–Crippen MR) is 61.9 cm³/mol. The van der Waals surface area contributed by atoms with E-state index in [1.54, 1.807) is 0 Å². The van der Waals surface area contributed by atoms with Crippen LogP contribution >= 0.6 is 0 Å². The van der Waals surface area contributed by atoms with Gasteiger partial charge in [0.2, 0.25) is 0 Å². The van der Waals surface area contributed by atoms with Crippen molar-refractivity contribution in [2.75, 3.05) is 12.3 Å². The minimum Gasteiger partial charge on any atom is -0.391 e. The first-order chi connectivity index (χ1) is 6.47. The van der Waals surface area contributed by atoms with Crippen LogP contribution in [-0.4, -0.2) is 39.0 Å². The Balaban J connectivity index is 3.71. The Morgan fingerprint density at radius 1 is 1.36 bits per heavy atom. The third kappa shape index (κ3) is 6.51. The zero-order chi connectivity index (χ0) is 11.1. The molecular formula is C10H23NO2S. The van der Waals surface area contributed by atoms with Crippen molar-refractivity contribution in [1.82, 2.24) is 5.32 Å². The quantitative estimate of drug-likeness (QED) is 0.671. The summed E-state index contributed by atoms with van der Waals surface area (Å²) in [5, 5.41) is 12.9. The molecule has 0 aliphatic heterocycles. The number of nitrogens with one attached hydrogen (secondary N) is 1. The van der Waals surface area contributed by atoms with Gasteiger partial charge in [0, 0.05) is 28.6 Å². The van der Waals surface area contributed by atoms with Crippen LogP contribution in [0.25, 0.3) is 0 Å². The molecule has 0 rings (SSSR count). The molecule has 3 unspecified atom stereocenters. The highest BCUT2D eigenvalue weighted by molar-refractivity contribution is 7.85. The smallest absolute Gasteiger partial charge is 0.0779 e. The summed E-state index contributed by atoms with van der Waals surface area (Å²) in [6, 6.07) is 0.363. The van der Waals surface area contributed by atoms with E-state index in [9.17, 15) is 9.32 Å². The largest absolute Gasteiger partial charge is 0.391 e. The van der Waals surface area contributed by atoms with E-state index >= 15 is 0 Å². The molecule has 0 bridgehead atoms. The van der Waals surface area contributed by atoms with Gasteiger partial charge in [-0.2, -0.15) is 0 Å². The molecule has 0 radical (unpaired) electrons. The lowest BCUT2D eigenvalue weighted by atomic mass is 10.3. The molecule has 0 saturated heterocycles. The SMILES string of the molecule is CCC(C)S(=O)CC(O)CNC(C)C. The fourth-order valence-electron chi connectivity index (χ4n) is 0.970. The van der Waals surface area contributed by atoms with Crippen molar-refractivity contribution in [3.63, 3.8) is 0 Å². The van der Waals surface area contributed by atoms with Gasteiger partial charge in [-0.25, -0.2) is 0 Å². The molecule has 0 aliphatic carbocycles. The molecule has 0 amide bonds. The van der Waals surface area contributed by atoms with Gasteiger partial charge in [0.05, 0.1) is 11.9 Å². The number of rotatable bonds is 7. The predicted octanol–water partition coefficient (Wildman–Crippen LogP) is 0.892. The van der Waals surface area contributed by atoms with Gasteiger partial charge < -0.3 is 10.4 Å². The average Bonchev–Trinajstić information content (AvgIpc) is 2.13. The van der Waals surface area contributed by atoms with Gasteiger partial charge in [-0.1, -0.05) is 27.7 Å². The Hall–Kier alpha value is 0.0700. The van der Waals surface area contributed by atoms with E-state index in [0.717, 1.165) is 6.42 Å². The fourth-order valence-corrected chi connectivity index (χ4v) is 2.17. The molecule has 0 saturated carbocycles. The topological polar surface area (TPSA) is 49.3 Å². The van der Waals surface area contributed by atoms with Gasteiger partial charge >= 0.3 is 0 Å². The highest BCUT2D eigenvalue weighted by Gasteiger charge is 2.14. The third-order valence-electron chi connectivity index (χ3n) is 2.14. The van der Waals surface area contributed by atoms with Crippen molar-refractivity contribution in [2.24, 2.45) is 0 Å². The van der Waals surface area contributed by atoms with Crippen LogP contribution < -0.4 is 5.32 Å². The molecule has 3 nitrogen and oxygen atoms in total. The first-order valence-electron chi connectivity index (χ1n) is 5.26. The fraction of sp³-hybridized carbons (Fsp3) is 1.00. The van der Waals surface area contributed by atoms with Crippen molar-refractivity contribution in [3.05, 3.63) is 0 Å². The van der Waals surface area contributed by atoms with Crippen LogP contribution in [0.1, 0.15) is 34.1 Å². The van der Waals surface area contributed by atoms with Crippen LogP contribution in [0.3, 0.4) is 0 Å². The van der Waals surface area contributed by atoms with Gasteiger partial charge in [0.25, 0.3) is 0 Å². The Morgan fingerprint density at radius 3 is 2.36 bits per heavy atom. The molecule has 0 fully saturated rings. The first-order valence-corrected chi connectivity index (χ1v) is 6.64. The summed E-state index contributed by atoms with van der Waals surface area (Å²) in [5.74, 6) is 0.384. The molecule has 14 heavy (non-hydrogen) atoms. The van der Waals surface area contributed by atoms with Crippen molar-refractivity contribution in [3.8, 4) is 0 Å². The zero-order valence-corrected chi connectivity index (χ0v) is 10.4. The van der Waals surface area contributed by atoms with Gasteiger partial charge in [0.1, 0.15) is 0 Å². The standard InChI is InChI=1S/C10H23NO2S/c1-5-9(4)14(13)7-10(12)6-11-8(2)3/h8-12H,5-7H2,1-4H3. The minimum atomic E-state index is -0.900. The van der Waals surface area contributed by atoms with Crippen LogP contribution in [0.4, 0.5) is 0 Å². The van der Waals surface area contributed by atoms with E-state index in [4.69, 9.17) is 0 Å². The second-order valence-electron chi connectivity index (χ2n) is 3.98. The normalized spacial score (nSPS) is 18.1. The number of aliphatic hydroxyl groups excluding tert-OH is 1. The molecule has 0 aliphatic rings. The lowest BCUT2D eigenvalue weighted by molar-refractivity contribution is 0.191. The summed E-state index contributed by atoms with van der Waals surface area (Å²) in [7, 11) is -0.900. The van der Waals surface area contributed by atoms with Gasteiger partial charge in [-0.15, -0.1) is 0 Å². The summed E-state index contributed by atoms with van der Waals surface area (Å²) < 4.78 is 11.6. The van der Waals surface area contributed by atoms with E-state index in [0.29, 0.717) is 18.3 Å². The van der Waals surface area contributed by atoms with Crippen LogP contribution in [0.15, 0.2) is 0 Å². The molecule has 0 heterocycles. The lowest BCUT2D eigenvalue weighted by Crippen LogP contribution is -2.36. The molecule has 86 valence electrons. The maximum absolute atomic E-state index is 11.6. The summed E-state index contributed by atoms with van der Waals surface area (Å²) in [4.78, 5) is 0. The van der Waals surface area contributed by atoms with E-state index in [1.165, 1.54) is 0 Å². The van der Waals surface area contributed by atoms with Crippen LogP contribution in [0.2, 0.25) is 0 Å². The highest BCUT2D eigenvalue weighted by Crippen LogP contribution is 2.02. The summed E-state index contributed by atoms with van der Waals surface area (Å²) in [6.07, 6.45) is 0.406. The Labute approximate surface area is 89.7 Å². The van der Waals surface area contributed by atoms with E-state index in [1.807, 2.05) is 27.7 Å². The molecule has 0 spiro atoms. The van der Waals surface area contributed by atoms with E-state index in [-0.39, 0.29) is 5.25 Å². The highest BCUT2D eigenvalue weighted by atomic mass is 32.2. The number of hydrogen-bond donors (Lipinski definition) is 2. The molecular weight excluding hydrogens is 198 g/mol. The average molecular weight is 221 g/mol. The molecule has 4 heteroatoms. The monoisotopic (exact) mass is 221 g/mol. The van der Waals surface area contributed by atoms with Crippen LogP contribution in [0.5, 0.6) is 0 Å². The maximum Gasteiger partial charge on any atom is 0.0779 e. The Kier molecular flexibility index (Phi) is 7.41. The van der Waals surface area contributed by atoms with E-state index < -0.39 is 16.9 Å². The zero-order valence-electron chi connectivity index (χ0n) is 9.62. The second kappa shape index (κ2) is 7.37. The van der Waals surface area contributed by atoms with Crippen molar-refractivity contribution >= 4 is 10.8 Å². The van der Waals surface area contributed by atoms with Crippen molar-refractivity contribution in [2.45, 2.75) is 51.5 Å². The summed E-state index contributed by atoms with van der Waals surface area (Å²) in [6.45, 7) is 8.55. The lowest BCUT2D eigenvalue weighted by Gasteiger charge is -2.15. The van der Waals surface area contributed by atoms with Crippen molar-refractivity contribution in [1.29, 1.82) is 0 Å². The number of aliphatic hydroxyl groups is 1. The van der Waals surface area contributed by atoms with Gasteiger partial charge in [-0.3, -0.25) is 4.21 Å². The third-order valence-corrected chi connectivity index (χ3v) is 4.09. The molecule has 2 N–H and O–H groups in total. The van der Waals surface area contributed by atoms with E-state index in [2.05, 4.69) is 5.32 Å². The molecule has 3 atom stereocenters. The minimum absolute atomic E-state index is 0.184. The molecule has 0 aromatic heterocycles. The molecule has 0 aromatic carbocycles. The van der Waals surface area contributed by atoms with Crippen LogP contribution in [0, 0.1) is 0 Å². The maximum atomic E-state index is 11.6. The summed E-state index contributed by atoms with van der Waals surface area (Å²) >= 11 is 0. The van der Waals surface area contributed by atoms with Crippen molar-refractivity contribution < 1.29 is 9.32 Å². The molecule has 0 aromatic rings. The van der Waals surface area contributed by atoms with Gasteiger partial charge in [0.15, 0.2) is 0 Å². The first kappa shape index (κ1) is 14.1. The van der Waals surface area contributed by atoms with Crippen LogP contribution in [-0.2, 0) is 10.8 Å². The summed E-state index contributed by atoms with van der Waals surface area (Å²) in [5.41, 5.74) is 0. The number of hydrogen-bond acceptors (Lipinski definition) is 3. The second-order valence-corrected chi connectivity index (χ2v) is 5.88. The van der Waals surface area contributed by atoms with Gasteiger partial charge in [-0.05, 0) is 6.42 Å². The Bertz CT molecular complexity index is 174. The Morgan fingerprint density at radius 2 is 1.93 bits per heavy atom.